The molecule has 0 aromatic heterocycles. The summed E-state index contributed by atoms with van der Waals surface area (Å²) in [6.45, 7) is 3.99. The lowest BCUT2D eigenvalue weighted by Crippen LogP contribution is -2.55. The molecular formula is C37H44F6N6O5. The Kier molecular flexibility index (Phi) is 11.8. The Bertz CT molecular complexity index is 1670. The zero-order valence-corrected chi connectivity index (χ0v) is 29.7. The van der Waals surface area contributed by atoms with Gasteiger partial charge < -0.3 is 25.1 Å². The molecule has 11 nitrogen and oxygen atoms in total. The van der Waals surface area contributed by atoms with Crippen molar-refractivity contribution in [3.63, 3.8) is 0 Å². The number of urea groups is 1. The van der Waals surface area contributed by atoms with Crippen molar-refractivity contribution in [2.75, 3.05) is 64.2 Å². The van der Waals surface area contributed by atoms with Gasteiger partial charge >= 0.3 is 24.4 Å². The van der Waals surface area contributed by atoms with Gasteiger partial charge in [-0.1, -0.05) is 18.2 Å². The molecular weight excluding hydrogens is 722 g/mol. The van der Waals surface area contributed by atoms with Gasteiger partial charge in [-0.25, -0.2) is 4.79 Å². The number of likely N-dealkylation sites (tertiary alicyclic amines) is 2. The van der Waals surface area contributed by atoms with E-state index in [1.165, 1.54) is 0 Å². The normalized spacial score (nSPS) is 20.4. The highest BCUT2D eigenvalue weighted by Gasteiger charge is 2.39. The minimum atomic E-state index is -5.07. The van der Waals surface area contributed by atoms with E-state index >= 15 is 0 Å². The number of aliphatic carboxylic acids is 1. The number of amides is 4. The molecule has 4 aliphatic rings. The number of carboxylic acid groups (broad SMARTS) is 1. The third-order valence-electron chi connectivity index (χ3n) is 11.1. The number of carboxylic acids is 1. The molecule has 294 valence electrons. The summed E-state index contributed by atoms with van der Waals surface area (Å²) in [6.07, 6.45) is -8.95. The Hall–Kier alpha value is -4.38. The fraction of sp³-hybridized carbons (Fsp3) is 0.568. The average Bonchev–Trinajstić information content (AvgIpc) is 3.13. The minimum Gasteiger partial charge on any atom is -0.480 e. The Balaban J connectivity index is 1.13. The Labute approximate surface area is 308 Å². The number of nitrogens with one attached hydrogen (secondary N) is 1. The maximum atomic E-state index is 14.1. The number of hydrogen-bond donors (Lipinski definition) is 2. The van der Waals surface area contributed by atoms with Crippen molar-refractivity contribution >= 4 is 29.5 Å². The second-order valence-corrected chi connectivity index (χ2v) is 14.6. The second kappa shape index (κ2) is 16.2. The number of carbonyl (C=O) groups excluding carboxylic acids is 3. The lowest BCUT2D eigenvalue weighted by molar-refractivity contribution is -0.143. The summed E-state index contributed by atoms with van der Waals surface area (Å²) >= 11 is 0. The fourth-order valence-corrected chi connectivity index (χ4v) is 8.14. The van der Waals surface area contributed by atoms with E-state index in [0.717, 1.165) is 11.3 Å². The van der Waals surface area contributed by atoms with Crippen LogP contribution in [0.4, 0.5) is 36.8 Å². The predicted octanol–water partition coefficient (Wildman–Crippen LogP) is 5.00. The number of hydrogen-bond acceptors (Lipinski definition) is 6. The summed E-state index contributed by atoms with van der Waals surface area (Å²) < 4.78 is 82.5. The van der Waals surface area contributed by atoms with E-state index in [0.29, 0.717) is 83.6 Å². The van der Waals surface area contributed by atoms with Gasteiger partial charge in [0.2, 0.25) is 11.8 Å². The predicted molar refractivity (Wildman–Crippen MR) is 184 cm³/mol. The van der Waals surface area contributed by atoms with Crippen LogP contribution in [0.5, 0.6) is 0 Å². The molecule has 3 fully saturated rings. The quantitative estimate of drug-likeness (QED) is 0.345. The van der Waals surface area contributed by atoms with Gasteiger partial charge in [-0.2, -0.15) is 26.3 Å². The van der Waals surface area contributed by atoms with Gasteiger partial charge in [-0.3, -0.25) is 24.2 Å². The van der Waals surface area contributed by atoms with Crippen molar-refractivity contribution in [1.29, 1.82) is 0 Å². The summed E-state index contributed by atoms with van der Waals surface area (Å²) in [4.78, 5) is 60.7. The van der Waals surface area contributed by atoms with Gasteiger partial charge in [-0.15, -0.1) is 0 Å². The Morgan fingerprint density at radius 3 is 1.94 bits per heavy atom. The minimum absolute atomic E-state index is 0.0418. The Morgan fingerprint density at radius 1 is 0.778 bits per heavy atom. The molecule has 0 spiro atoms. The van der Waals surface area contributed by atoms with Crippen LogP contribution in [0.2, 0.25) is 0 Å². The lowest BCUT2D eigenvalue weighted by Gasteiger charge is -2.43. The van der Waals surface area contributed by atoms with Crippen molar-refractivity contribution < 1.29 is 50.6 Å². The van der Waals surface area contributed by atoms with E-state index in [4.69, 9.17) is 5.11 Å². The molecule has 1 unspecified atom stereocenters. The number of nitrogens with zero attached hydrogens (tertiary/aromatic N) is 5. The van der Waals surface area contributed by atoms with Crippen molar-refractivity contribution in [3.8, 4) is 0 Å². The van der Waals surface area contributed by atoms with Crippen LogP contribution in [0.3, 0.4) is 0 Å². The van der Waals surface area contributed by atoms with E-state index < -0.39 is 60.0 Å². The van der Waals surface area contributed by atoms with Crippen LogP contribution in [0.1, 0.15) is 54.4 Å². The highest BCUT2D eigenvalue weighted by molar-refractivity contribution is 5.92. The molecule has 0 bridgehead atoms. The van der Waals surface area contributed by atoms with Crippen LogP contribution in [0.15, 0.2) is 42.5 Å². The fourth-order valence-electron chi connectivity index (χ4n) is 8.14. The van der Waals surface area contributed by atoms with Gasteiger partial charge in [0, 0.05) is 83.1 Å². The summed E-state index contributed by atoms with van der Waals surface area (Å²) in [5.41, 5.74) is -1.61. The summed E-state index contributed by atoms with van der Waals surface area (Å²) in [7, 11) is 0. The number of fused-ring (bicyclic) bond motifs is 1. The van der Waals surface area contributed by atoms with E-state index in [9.17, 15) is 45.5 Å². The number of benzene rings is 2. The molecule has 0 radical (unpaired) electrons. The number of piperidine rings is 2. The van der Waals surface area contributed by atoms with E-state index in [1.807, 2.05) is 29.2 Å². The van der Waals surface area contributed by atoms with E-state index in [-0.39, 0.29) is 49.4 Å². The smallest absolute Gasteiger partial charge is 0.416 e. The van der Waals surface area contributed by atoms with Crippen molar-refractivity contribution in [1.82, 2.24) is 24.5 Å². The summed E-state index contributed by atoms with van der Waals surface area (Å²) in [5.74, 6) is -3.04. The van der Waals surface area contributed by atoms with Crippen LogP contribution in [0, 0.1) is 5.92 Å². The van der Waals surface area contributed by atoms with Gasteiger partial charge in [-0.05, 0) is 67.5 Å². The zero-order chi connectivity index (χ0) is 38.8. The van der Waals surface area contributed by atoms with Crippen LogP contribution >= 0.6 is 0 Å². The number of carbonyl (C=O) groups is 4. The molecule has 17 heteroatoms. The number of rotatable bonds is 9. The molecule has 0 aliphatic carbocycles. The van der Waals surface area contributed by atoms with Crippen LogP contribution in [0.25, 0.3) is 0 Å². The number of halogens is 6. The molecule has 2 N–H and O–H groups in total. The molecule has 2 aromatic rings. The molecule has 0 saturated carbocycles. The van der Waals surface area contributed by atoms with Gasteiger partial charge in [0.05, 0.1) is 23.6 Å². The second-order valence-electron chi connectivity index (χ2n) is 14.6. The van der Waals surface area contributed by atoms with Crippen molar-refractivity contribution in [3.05, 3.63) is 64.7 Å². The van der Waals surface area contributed by atoms with Gasteiger partial charge in [0.15, 0.2) is 0 Å². The monoisotopic (exact) mass is 766 g/mol. The first-order chi connectivity index (χ1) is 25.5. The number of alkyl halides is 6. The molecule has 6 rings (SSSR count). The molecule has 3 saturated heterocycles. The van der Waals surface area contributed by atoms with E-state index in [2.05, 4.69) is 10.2 Å². The summed E-state index contributed by atoms with van der Waals surface area (Å²) in [5, 5.41) is 12.0. The molecule has 4 heterocycles. The topological polar surface area (TPSA) is 117 Å². The molecule has 2 aromatic carbocycles. The highest BCUT2D eigenvalue weighted by atomic mass is 19.4. The maximum Gasteiger partial charge on any atom is 0.416 e. The third kappa shape index (κ3) is 9.46. The first-order valence-corrected chi connectivity index (χ1v) is 18.2. The molecule has 4 aliphatic heterocycles. The lowest BCUT2D eigenvalue weighted by atomic mass is 9.90. The van der Waals surface area contributed by atoms with E-state index in [1.54, 1.807) is 14.7 Å². The first kappa shape index (κ1) is 39.3. The number of para-hydroxylation sites is 1. The summed E-state index contributed by atoms with van der Waals surface area (Å²) in [6, 6.07) is 8.45. The standard InChI is InChI=1S/C37H44F6N6O5/c38-36(39,40)27-18-24(19-28(21-27)37(41,42)43)17-26(34(53)48-11-5-29(6-12-48)46-15-13-45(14-16-46)23-33(51)52)20-32(50)47-9-7-30(8-10-47)49-22-25-3-1-2-4-31(25)44-35(49)54/h1-4,18-19,21,26,29-30H,5-17,20,22-23H2,(H,44,54)(H,51,52). The van der Waals surface area contributed by atoms with Crippen LogP contribution in [-0.4, -0.2) is 124 Å². The van der Waals surface area contributed by atoms with Crippen molar-refractivity contribution in [2.45, 2.75) is 69.5 Å². The third-order valence-corrected chi connectivity index (χ3v) is 11.1. The SMILES string of the molecule is O=C(O)CN1CCN(C2CCN(C(=O)C(CC(=O)N3CCC(N4Cc5ccccc5NC4=O)CC3)Cc3cc(C(F)(F)F)cc(C(F)(F)F)c3)CC2)CC1. The molecule has 4 amide bonds. The Morgan fingerprint density at radius 2 is 1.35 bits per heavy atom. The zero-order valence-electron chi connectivity index (χ0n) is 29.7. The highest BCUT2D eigenvalue weighted by Crippen LogP contribution is 2.37. The van der Waals surface area contributed by atoms with Gasteiger partial charge in [0.25, 0.3) is 0 Å². The molecule has 1 atom stereocenters. The first-order valence-electron chi connectivity index (χ1n) is 18.2. The van der Waals surface area contributed by atoms with Crippen LogP contribution < -0.4 is 5.32 Å². The molecule has 54 heavy (non-hydrogen) atoms. The largest absolute Gasteiger partial charge is 0.480 e. The van der Waals surface area contributed by atoms with Crippen molar-refractivity contribution in [2.24, 2.45) is 5.92 Å². The van der Waals surface area contributed by atoms with Crippen LogP contribution in [-0.2, 0) is 39.7 Å². The maximum absolute atomic E-state index is 14.1. The van der Waals surface area contributed by atoms with Gasteiger partial charge in [0.1, 0.15) is 0 Å². The number of anilines is 1. The average molecular weight is 767 g/mol. The number of piperazine rings is 1.